The largest absolute Gasteiger partial charge is 0.493 e. The van der Waals surface area contributed by atoms with E-state index >= 15 is 0 Å². The number of nitrogens with one attached hydrogen (secondary N) is 1. The zero-order valence-electron chi connectivity index (χ0n) is 11.7. The van der Waals surface area contributed by atoms with Crippen LogP contribution in [0.4, 0.5) is 0 Å². The fourth-order valence-corrected chi connectivity index (χ4v) is 1.63. The number of hydrogen-bond donors (Lipinski definition) is 1. The van der Waals surface area contributed by atoms with Crippen molar-refractivity contribution in [3.05, 3.63) is 24.3 Å². The predicted octanol–water partition coefficient (Wildman–Crippen LogP) is 3.10. The number of hydrogen-bond acceptors (Lipinski definition) is 3. The fraction of sp³-hybridized carbons (Fsp3) is 0.600. The highest BCUT2D eigenvalue weighted by atomic mass is 16.5. The van der Waals surface area contributed by atoms with Crippen LogP contribution in [-0.4, -0.2) is 26.8 Å². The predicted molar refractivity (Wildman–Crippen MR) is 75.4 cm³/mol. The number of benzene rings is 1. The topological polar surface area (TPSA) is 30.5 Å². The Morgan fingerprint density at radius 3 is 2.50 bits per heavy atom. The number of rotatable bonds is 9. The van der Waals surface area contributed by atoms with Crippen molar-refractivity contribution in [2.75, 3.05) is 26.8 Å². The molecule has 1 rings (SSSR count). The summed E-state index contributed by atoms with van der Waals surface area (Å²) in [4.78, 5) is 0. The molecule has 0 aromatic heterocycles. The van der Waals surface area contributed by atoms with E-state index in [4.69, 9.17) is 9.47 Å². The van der Waals surface area contributed by atoms with Gasteiger partial charge in [0.05, 0.1) is 13.7 Å². The molecule has 3 heteroatoms. The maximum Gasteiger partial charge on any atom is 0.161 e. The van der Waals surface area contributed by atoms with Gasteiger partial charge in [0.25, 0.3) is 0 Å². The van der Waals surface area contributed by atoms with E-state index in [9.17, 15) is 0 Å². The molecule has 1 aromatic rings. The average molecular weight is 251 g/mol. The molecule has 102 valence electrons. The van der Waals surface area contributed by atoms with Crippen LogP contribution in [0.3, 0.4) is 0 Å². The molecule has 0 fully saturated rings. The summed E-state index contributed by atoms with van der Waals surface area (Å²) >= 11 is 0. The molecule has 0 aliphatic carbocycles. The van der Waals surface area contributed by atoms with Crippen LogP contribution in [0.5, 0.6) is 11.5 Å². The van der Waals surface area contributed by atoms with Gasteiger partial charge in [0.1, 0.15) is 0 Å². The standard InChI is InChI=1S/C15H25NO2/c1-13(2)9-11-16-10-6-12-18-15-8-5-4-7-14(15)17-3/h4-5,7-8,13,16H,6,9-12H2,1-3H3. The molecule has 0 spiro atoms. The minimum atomic E-state index is 0.717. The van der Waals surface area contributed by atoms with Crippen molar-refractivity contribution in [3.8, 4) is 11.5 Å². The molecule has 0 aliphatic heterocycles. The normalized spacial score (nSPS) is 10.7. The van der Waals surface area contributed by atoms with Crippen LogP contribution < -0.4 is 14.8 Å². The molecule has 0 amide bonds. The lowest BCUT2D eigenvalue weighted by Crippen LogP contribution is -2.19. The van der Waals surface area contributed by atoms with Crippen molar-refractivity contribution >= 4 is 0 Å². The Morgan fingerprint density at radius 2 is 1.83 bits per heavy atom. The highest BCUT2D eigenvalue weighted by Gasteiger charge is 2.01. The summed E-state index contributed by atoms with van der Waals surface area (Å²) in [5, 5.41) is 3.42. The third-order valence-corrected chi connectivity index (χ3v) is 2.72. The molecule has 0 unspecified atom stereocenters. The third-order valence-electron chi connectivity index (χ3n) is 2.72. The summed E-state index contributed by atoms with van der Waals surface area (Å²) in [5.74, 6) is 2.38. The SMILES string of the molecule is COc1ccccc1OCCCNCCC(C)C. The van der Waals surface area contributed by atoms with Gasteiger partial charge in [0.15, 0.2) is 11.5 Å². The molecule has 3 nitrogen and oxygen atoms in total. The zero-order valence-corrected chi connectivity index (χ0v) is 11.7. The summed E-state index contributed by atoms with van der Waals surface area (Å²) < 4.78 is 10.9. The van der Waals surface area contributed by atoms with Crippen LogP contribution in [0.15, 0.2) is 24.3 Å². The first kappa shape index (κ1) is 14.8. The Morgan fingerprint density at radius 1 is 1.11 bits per heavy atom. The van der Waals surface area contributed by atoms with Crippen molar-refractivity contribution in [1.82, 2.24) is 5.32 Å². The Hall–Kier alpha value is -1.22. The Kier molecular flexibility index (Phi) is 7.26. The molecule has 0 saturated carbocycles. The van der Waals surface area contributed by atoms with Crippen LogP contribution in [0.25, 0.3) is 0 Å². The highest BCUT2D eigenvalue weighted by molar-refractivity contribution is 5.39. The van der Waals surface area contributed by atoms with Crippen molar-refractivity contribution in [3.63, 3.8) is 0 Å². The van der Waals surface area contributed by atoms with Crippen LogP contribution in [0, 0.1) is 5.92 Å². The number of methoxy groups -OCH3 is 1. The van der Waals surface area contributed by atoms with Gasteiger partial charge in [-0.2, -0.15) is 0 Å². The lowest BCUT2D eigenvalue weighted by atomic mass is 10.1. The molecule has 0 radical (unpaired) electrons. The molecular weight excluding hydrogens is 226 g/mol. The Bertz CT molecular complexity index is 326. The van der Waals surface area contributed by atoms with E-state index < -0.39 is 0 Å². The maximum absolute atomic E-state index is 5.69. The second-order valence-corrected chi connectivity index (χ2v) is 4.79. The van der Waals surface area contributed by atoms with Crippen molar-refractivity contribution in [2.24, 2.45) is 5.92 Å². The van der Waals surface area contributed by atoms with Crippen LogP contribution in [0.2, 0.25) is 0 Å². The number of ether oxygens (including phenoxy) is 2. The second-order valence-electron chi connectivity index (χ2n) is 4.79. The van der Waals surface area contributed by atoms with Gasteiger partial charge in [-0.15, -0.1) is 0 Å². The highest BCUT2D eigenvalue weighted by Crippen LogP contribution is 2.25. The van der Waals surface area contributed by atoms with Crippen molar-refractivity contribution < 1.29 is 9.47 Å². The maximum atomic E-state index is 5.69. The van der Waals surface area contributed by atoms with Crippen LogP contribution in [0.1, 0.15) is 26.7 Å². The monoisotopic (exact) mass is 251 g/mol. The van der Waals surface area contributed by atoms with Crippen molar-refractivity contribution in [1.29, 1.82) is 0 Å². The van der Waals surface area contributed by atoms with E-state index in [1.165, 1.54) is 6.42 Å². The van der Waals surface area contributed by atoms with Gasteiger partial charge < -0.3 is 14.8 Å². The second kappa shape index (κ2) is 8.81. The van der Waals surface area contributed by atoms with Gasteiger partial charge in [0, 0.05) is 0 Å². The first-order valence-corrected chi connectivity index (χ1v) is 6.70. The molecule has 0 bridgehead atoms. The first-order valence-electron chi connectivity index (χ1n) is 6.70. The summed E-state index contributed by atoms with van der Waals surface area (Å²) in [5.41, 5.74) is 0. The smallest absolute Gasteiger partial charge is 0.161 e. The van der Waals surface area contributed by atoms with Gasteiger partial charge in [-0.25, -0.2) is 0 Å². The molecule has 18 heavy (non-hydrogen) atoms. The van der Waals surface area contributed by atoms with Gasteiger partial charge in [-0.05, 0) is 44.0 Å². The molecule has 1 aromatic carbocycles. The van der Waals surface area contributed by atoms with Crippen molar-refractivity contribution in [2.45, 2.75) is 26.7 Å². The summed E-state index contributed by atoms with van der Waals surface area (Å²) in [6, 6.07) is 7.75. The van der Waals surface area contributed by atoms with E-state index in [0.717, 1.165) is 43.5 Å². The third kappa shape index (κ3) is 5.92. The quantitative estimate of drug-likeness (QED) is 0.684. The van der Waals surface area contributed by atoms with Crippen LogP contribution >= 0.6 is 0 Å². The van der Waals surface area contributed by atoms with Gasteiger partial charge in [-0.3, -0.25) is 0 Å². The summed E-state index contributed by atoms with van der Waals surface area (Å²) in [6.45, 7) is 7.29. The molecule has 0 saturated heterocycles. The van der Waals surface area contributed by atoms with E-state index in [-0.39, 0.29) is 0 Å². The Labute approximate surface area is 110 Å². The van der Waals surface area contributed by atoms with E-state index in [1.807, 2.05) is 24.3 Å². The summed E-state index contributed by atoms with van der Waals surface area (Å²) in [7, 11) is 1.66. The van der Waals surface area contributed by atoms with Gasteiger partial charge in [0.2, 0.25) is 0 Å². The average Bonchev–Trinajstić information content (AvgIpc) is 2.37. The minimum Gasteiger partial charge on any atom is -0.493 e. The van der Waals surface area contributed by atoms with E-state index in [2.05, 4.69) is 19.2 Å². The van der Waals surface area contributed by atoms with E-state index in [0.29, 0.717) is 0 Å². The molecule has 0 aliphatic rings. The fourth-order valence-electron chi connectivity index (χ4n) is 1.63. The molecule has 0 heterocycles. The lowest BCUT2D eigenvalue weighted by Gasteiger charge is -2.10. The zero-order chi connectivity index (χ0) is 13.2. The van der Waals surface area contributed by atoms with Crippen LogP contribution in [-0.2, 0) is 0 Å². The molecular formula is C15H25NO2. The lowest BCUT2D eigenvalue weighted by molar-refractivity contribution is 0.287. The Balaban J connectivity index is 2.10. The van der Waals surface area contributed by atoms with E-state index in [1.54, 1.807) is 7.11 Å². The van der Waals surface area contributed by atoms with Gasteiger partial charge in [-0.1, -0.05) is 26.0 Å². The molecule has 0 atom stereocenters. The molecule has 1 N–H and O–H groups in total. The number of para-hydroxylation sites is 2. The first-order chi connectivity index (χ1) is 8.74. The minimum absolute atomic E-state index is 0.717. The van der Waals surface area contributed by atoms with Gasteiger partial charge >= 0.3 is 0 Å². The summed E-state index contributed by atoms with van der Waals surface area (Å²) in [6.07, 6.45) is 2.24.